The molecule has 0 atom stereocenters. The van der Waals surface area contributed by atoms with Gasteiger partial charge in [0.2, 0.25) is 0 Å². The molecule has 0 saturated heterocycles. The smallest absolute Gasteiger partial charge is 0.317 e. The normalized spacial score (nSPS) is 11.2. The number of nitriles is 1. The van der Waals surface area contributed by atoms with Crippen LogP contribution in [0.5, 0.6) is 0 Å². The van der Waals surface area contributed by atoms with E-state index >= 15 is 4.39 Å². The zero-order chi connectivity index (χ0) is 22.8. The minimum Gasteiger partial charge on any atom is -0.317 e. The Kier molecular flexibility index (Phi) is 5.93. The Balaban J connectivity index is 2.26. The number of hydrogen-bond acceptors (Lipinski definition) is 5. The first-order chi connectivity index (χ1) is 14.6. The Hall–Kier alpha value is -3.92. The van der Waals surface area contributed by atoms with Crippen LogP contribution in [0.15, 0.2) is 35.3 Å². The molecule has 0 radical (unpaired) electrons. The van der Waals surface area contributed by atoms with E-state index in [1.165, 1.54) is 26.0 Å². The van der Waals surface area contributed by atoms with Gasteiger partial charge in [0.05, 0.1) is 29.2 Å². The fourth-order valence-corrected chi connectivity index (χ4v) is 2.76. The van der Waals surface area contributed by atoms with Crippen LogP contribution in [-0.2, 0) is 0 Å². The first-order valence-electron chi connectivity index (χ1n) is 8.96. The predicted octanol–water partition coefficient (Wildman–Crippen LogP) is 3.90. The van der Waals surface area contributed by atoms with Crippen LogP contribution in [0, 0.1) is 40.2 Å². The van der Waals surface area contributed by atoms with Crippen molar-refractivity contribution in [3.05, 3.63) is 58.3 Å². The summed E-state index contributed by atoms with van der Waals surface area (Å²) in [6.45, 7) is 1.96. The van der Waals surface area contributed by atoms with Gasteiger partial charge in [-0.2, -0.15) is 10.2 Å². The van der Waals surface area contributed by atoms with Crippen LogP contribution < -0.4 is 10.6 Å². The predicted molar refractivity (Wildman–Crippen MR) is 106 cm³/mol. The monoisotopic (exact) mass is 429 g/mol. The van der Waals surface area contributed by atoms with E-state index in [4.69, 9.17) is 5.26 Å². The molecule has 2 heterocycles. The summed E-state index contributed by atoms with van der Waals surface area (Å²) >= 11 is 0. The second-order valence-electron chi connectivity index (χ2n) is 7.01. The van der Waals surface area contributed by atoms with Crippen molar-refractivity contribution >= 4 is 22.4 Å². The number of aromatic amines is 1. The Morgan fingerprint density at radius 3 is 2.68 bits per heavy atom. The van der Waals surface area contributed by atoms with Gasteiger partial charge in [0.15, 0.2) is 17.3 Å². The summed E-state index contributed by atoms with van der Waals surface area (Å²) in [6.07, 6.45) is -1.84. The van der Waals surface area contributed by atoms with E-state index in [0.717, 1.165) is 18.3 Å². The highest BCUT2D eigenvalue weighted by molar-refractivity contribution is 5.92. The van der Waals surface area contributed by atoms with Crippen LogP contribution in [0.2, 0.25) is 0 Å². The molecule has 0 amide bonds. The highest BCUT2D eigenvalue weighted by Crippen LogP contribution is 2.33. The number of fused-ring (bicyclic) bond motifs is 1. The topological polar surface area (TPSA) is 85.7 Å². The number of anilines is 2. The van der Waals surface area contributed by atoms with Gasteiger partial charge >= 0.3 is 5.69 Å². The molecule has 0 aliphatic heterocycles. The summed E-state index contributed by atoms with van der Waals surface area (Å²) in [5, 5.41) is 8.80. The lowest BCUT2D eigenvalue weighted by molar-refractivity contribution is 0.157. The van der Waals surface area contributed by atoms with Gasteiger partial charge in [0.1, 0.15) is 11.2 Å². The molecule has 0 bridgehead atoms. The molecule has 0 aliphatic rings. The number of nitrogens with zero attached hydrogens (tertiary/aromatic N) is 4. The van der Waals surface area contributed by atoms with E-state index < -0.39 is 52.9 Å². The lowest BCUT2D eigenvalue weighted by Gasteiger charge is -2.25. The zero-order valence-electron chi connectivity index (χ0n) is 16.4. The summed E-state index contributed by atoms with van der Waals surface area (Å²) in [5.74, 6) is 2.60. The molecule has 0 fully saturated rings. The van der Waals surface area contributed by atoms with E-state index in [9.17, 15) is 18.0 Å². The molecule has 3 rings (SSSR count). The molecule has 1 N–H and O–H groups in total. The molecule has 1 aromatic carbocycles. The molecule has 3 aromatic rings. The van der Waals surface area contributed by atoms with Crippen molar-refractivity contribution in [2.75, 3.05) is 11.4 Å². The van der Waals surface area contributed by atoms with Crippen molar-refractivity contribution < 1.29 is 17.6 Å². The molecule has 31 heavy (non-hydrogen) atoms. The van der Waals surface area contributed by atoms with E-state index in [1.807, 2.05) is 6.07 Å². The van der Waals surface area contributed by atoms with E-state index in [2.05, 4.69) is 26.8 Å². The molecule has 0 unspecified atom stereocenters. The van der Waals surface area contributed by atoms with Crippen LogP contribution in [0.3, 0.4) is 0 Å². The Labute approximate surface area is 174 Å². The van der Waals surface area contributed by atoms with E-state index in [-0.39, 0.29) is 10.9 Å². The average Bonchev–Trinajstić information content (AvgIpc) is 2.71. The first kappa shape index (κ1) is 21.8. The van der Waals surface area contributed by atoms with Crippen molar-refractivity contribution in [3.63, 3.8) is 0 Å². The summed E-state index contributed by atoms with van der Waals surface area (Å²) in [6, 6.07) is 6.78. The summed E-state index contributed by atoms with van der Waals surface area (Å²) in [4.78, 5) is 22.4. The number of hydrogen-bond donors (Lipinski definition) is 1. The number of halogens is 4. The minimum absolute atomic E-state index is 0.0134. The van der Waals surface area contributed by atoms with Crippen molar-refractivity contribution in [1.82, 2.24) is 15.0 Å². The molecular weight excluding hydrogens is 414 g/mol. The number of alkyl halides is 2. The van der Waals surface area contributed by atoms with Gasteiger partial charge in [-0.15, -0.1) is 0 Å². The highest BCUT2D eigenvalue weighted by atomic mass is 19.3. The minimum atomic E-state index is -2.97. The molecule has 6 nitrogen and oxygen atoms in total. The number of nitrogens with one attached hydrogen (secondary N) is 1. The van der Waals surface area contributed by atoms with E-state index in [0.29, 0.717) is 4.90 Å². The lowest BCUT2D eigenvalue weighted by atomic mass is 9.97. The molecule has 0 spiro atoms. The molecule has 0 aliphatic carbocycles. The summed E-state index contributed by atoms with van der Waals surface area (Å²) in [7, 11) is 0. The maximum absolute atomic E-state index is 15.2. The fourth-order valence-electron chi connectivity index (χ4n) is 2.76. The van der Waals surface area contributed by atoms with Crippen molar-refractivity contribution in [2.45, 2.75) is 20.3 Å². The number of H-pyrrole nitrogens is 1. The molecular formula is C21H15F4N5O. The Morgan fingerprint density at radius 1 is 1.26 bits per heavy atom. The van der Waals surface area contributed by atoms with E-state index in [1.54, 1.807) is 0 Å². The quantitative estimate of drug-likeness (QED) is 0.502. The number of benzene rings is 1. The van der Waals surface area contributed by atoms with Gasteiger partial charge < -0.3 is 9.88 Å². The summed E-state index contributed by atoms with van der Waals surface area (Å²) in [5.41, 5.74) is -2.82. The van der Waals surface area contributed by atoms with Gasteiger partial charge in [0.25, 0.3) is 6.43 Å². The SMILES string of the molecule is CC(C)(C#N)C#Cc1nccc(N(CC(F)F)c2nc(=O)[nH]c3cccc(F)c23)c1F. The first-order valence-corrected chi connectivity index (χ1v) is 8.96. The van der Waals surface area contributed by atoms with Crippen LogP contribution in [-0.4, -0.2) is 27.9 Å². The Bertz CT molecular complexity index is 1300. The second kappa shape index (κ2) is 8.44. The molecule has 158 valence electrons. The van der Waals surface area contributed by atoms with Crippen LogP contribution in [0.4, 0.5) is 29.1 Å². The second-order valence-corrected chi connectivity index (χ2v) is 7.01. The third kappa shape index (κ3) is 4.64. The van der Waals surface area contributed by atoms with Gasteiger partial charge in [-0.05, 0) is 38.0 Å². The Morgan fingerprint density at radius 2 is 2.00 bits per heavy atom. The number of rotatable bonds is 4. The van der Waals surface area contributed by atoms with Crippen LogP contribution >= 0.6 is 0 Å². The average molecular weight is 429 g/mol. The maximum Gasteiger partial charge on any atom is 0.347 e. The molecule has 0 saturated carbocycles. The highest BCUT2D eigenvalue weighted by Gasteiger charge is 2.25. The van der Waals surface area contributed by atoms with Gasteiger partial charge in [-0.3, -0.25) is 0 Å². The lowest BCUT2D eigenvalue weighted by Crippen LogP contribution is -2.29. The third-order valence-corrected chi connectivity index (χ3v) is 4.20. The van der Waals surface area contributed by atoms with Crippen LogP contribution in [0.25, 0.3) is 10.9 Å². The standard InChI is InChI=1S/C21H15F4N5O/c1-21(2,11-26)8-6-14-18(25)15(7-9-27-14)30(10-16(23)24)19-17-12(22)4-3-5-13(17)28-20(31)29-19/h3-5,7,9,16H,10H2,1-2H3,(H,28,29,31). The third-order valence-electron chi connectivity index (χ3n) is 4.20. The summed E-state index contributed by atoms with van der Waals surface area (Å²) < 4.78 is 56.5. The van der Waals surface area contributed by atoms with Gasteiger partial charge in [-0.25, -0.2) is 27.3 Å². The van der Waals surface area contributed by atoms with Crippen molar-refractivity contribution in [1.29, 1.82) is 5.26 Å². The van der Waals surface area contributed by atoms with Crippen molar-refractivity contribution in [3.8, 4) is 17.9 Å². The zero-order valence-corrected chi connectivity index (χ0v) is 16.4. The van der Waals surface area contributed by atoms with Crippen molar-refractivity contribution in [2.24, 2.45) is 5.41 Å². The van der Waals surface area contributed by atoms with Crippen LogP contribution in [0.1, 0.15) is 19.5 Å². The largest absolute Gasteiger partial charge is 0.347 e. The maximum atomic E-state index is 15.2. The molecule has 2 aromatic heterocycles. The number of aromatic nitrogens is 3. The fraction of sp³-hybridized carbons (Fsp3) is 0.238. The van der Waals surface area contributed by atoms with Gasteiger partial charge in [-0.1, -0.05) is 12.0 Å². The van der Waals surface area contributed by atoms with Gasteiger partial charge in [0, 0.05) is 6.20 Å². The number of pyridine rings is 1. The molecule has 10 heteroatoms.